The minimum absolute atomic E-state index is 0.269. The second-order valence-electron chi connectivity index (χ2n) is 6.09. The molecular formula is C15H20FN3O2. The van der Waals surface area contributed by atoms with Crippen LogP contribution in [0.15, 0.2) is 12.1 Å². The van der Waals surface area contributed by atoms with Gasteiger partial charge in [0.25, 0.3) is 0 Å². The van der Waals surface area contributed by atoms with Crippen molar-refractivity contribution in [3.05, 3.63) is 29.3 Å². The van der Waals surface area contributed by atoms with Crippen LogP contribution in [-0.4, -0.2) is 33.6 Å². The number of H-pyrrole nitrogens is 1. The van der Waals surface area contributed by atoms with E-state index in [0.29, 0.717) is 16.9 Å². The normalized spacial score (nSPS) is 11.7. The van der Waals surface area contributed by atoms with Gasteiger partial charge in [-0.15, -0.1) is 0 Å². The second-order valence-corrected chi connectivity index (χ2v) is 6.09. The highest BCUT2D eigenvalue weighted by molar-refractivity contribution is 5.78. The Hall–Kier alpha value is -2.11. The van der Waals surface area contributed by atoms with E-state index in [-0.39, 0.29) is 12.4 Å². The van der Waals surface area contributed by atoms with Gasteiger partial charge in [0.2, 0.25) is 0 Å². The molecule has 0 bridgehead atoms. The molecule has 0 atom stereocenters. The number of nitrogens with one attached hydrogen (secondary N) is 1. The van der Waals surface area contributed by atoms with Gasteiger partial charge in [-0.25, -0.2) is 14.2 Å². The summed E-state index contributed by atoms with van der Waals surface area (Å²) in [5, 5.41) is 0. The van der Waals surface area contributed by atoms with Gasteiger partial charge in [-0.1, -0.05) is 0 Å². The molecule has 0 aliphatic heterocycles. The summed E-state index contributed by atoms with van der Waals surface area (Å²) in [7, 11) is 1.63. The van der Waals surface area contributed by atoms with E-state index >= 15 is 0 Å². The molecule has 1 N–H and O–H groups in total. The van der Waals surface area contributed by atoms with Crippen molar-refractivity contribution in [2.45, 2.75) is 39.8 Å². The molecule has 1 aromatic carbocycles. The topological polar surface area (TPSA) is 58.2 Å². The maximum absolute atomic E-state index is 13.5. The lowest BCUT2D eigenvalue weighted by Crippen LogP contribution is -2.34. The van der Waals surface area contributed by atoms with Gasteiger partial charge in [-0.05, 0) is 39.8 Å². The van der Waals surface area contributed by atoms with Gasteiger partial charge in [0.05, 0.1) is 17.6 Å². The first-order chi connectivity index (χ1) is 9.67. The average Bonchev–Trinajstić information content (AvgIpc) is 2.75. The minimum Gasteiger partial charge on any atom is -0.444 e. The lowest BCUT2D eigenvalue weighted by molar-refractivity contribution is 0.0281. The number of fused-ring (bicyclic) bond motifs is 1. The molecule has 0 spiro atoms. The molecule has 0 aliphatic rings. The number of carbonyl (C=O) groups is 1. The van der Waals surface area contributed by atoms with E-state index in [1.807, 2.05) is 20.8 Å². The van der Waals surface area contributed by atoms with Gasteiger partial charge in [-0.3, -0.25) is 0 Å². The highest BCUT2D eigenvalue weighted by Crippen LogP contribution is 2.19. The number of benzene rings is 1. The highest BCUT2D eigenvalue weighted by atomic mass is 19.1. The molecule has 1 heterocycles. The van der Waals surface area contributed by atoms with Crippen LogP contribution >= 0.6 is 0 Å². The first-order valence-electron chi connectivity index (χ1n) is 6.75. The Bertz CT molecular complexity index is 673. The number of ether oxygens (including phenoxy) is 1. The molecule has 0 saturated carbocycles. The number of rotatable bonds is 2. The van der Waals surface area contributed by atoms with Crippen molar-refractivity contribution in [2.24, 2.45) is 0 Å². The predicted molar refractivity (Wildman–Crippen MR) is 78.5 cm³/mol. The molecule has 0 radical (unpaired) electrons. The van der Waals surface area contributed by atoms with Gasteiger partial charge >= 0.3 is 6.09 Å². The molecule has 0 saturated heterocycles. The third-order valence-corrected chi connectivity index (χ3v) is 2.98. The zero-order chi connectivity index (χ0) is 15.8. The number of aromatic nitrogens is 2. The van der Waals surface area contributed by atoms with Crippen molar-refractivity contribution in [3.8, 4) is 0 Å². The third-order valence-electron chi connectivity index (χ3n) is 2.98. The van der Waals surface area contributed by atoms with Crippen LogP contribution in [0.5, 0.6) is 0 Å². The fourth-order valence-corrected chi connectivity index (χ4v) is 1.94. The molecule has 21 heavy (non-hydrogen) atoms. The molecule has 0 fully saturated rings. The molecule has 114 valence electrons. The first-order valence-corrected chi connectivity index (χ1v) is 6.75. The van der Waals surface area contributed by atoms with Gasteiger partial charge in [-0.2, -0.15) is 0 Å². The Balaban J connectivity index is 2.16. The Morgan fingerprint density at radius 2 is 2.10 bits per heavy atom. The van der Waals surface area contributed by atoms with Gasteiger partial charge in [0, 0.05) is 12.6 Å². The van der Waals surface area contributed by atoms with Gasteiger partial charge < -0.3 is 14.6 Å². The van der Waals surface area contributed by atoms with E-state index in [1.165, 1.54) is 11.0 Å². The first kappa shape index (κ1) is 15.3. The van der Waals surface area contributed by atoms with Crippen molar-refractivity contribution in [3.63, 3.8) is 0 Å². The summed E-state index contributed by atoms with van der Waals surface area (Å²) in [4.78, 5) is 20.8. The molecular weight excluding hydrogens is 273 g/mol. The Labute approximate surface area is 123 Å². The van der Waals surface area contributed by atoms with Gasteiger partial charge in [0.15, 0.2) is 0 Å². The summed E-state index contributed by atoms with van der Waals surface area (Å²) in [6, 6.07) is 3.04. The monoisotopic (exact) mass is 293 g/mol. The van der Waals surface area contributed by atoms with Crippen LogP contribution in [0.25, 0.3) is 11.0 Å². The van der Waals surface area contributed by atoms with Crippen molar-refractivity contribution < 1.29 is 13.9 Å². The smallest absolute Gasteiger partial charge is 0.410 e. The predicted octanol–water partition coefficient (Wildman–Crippen LogP) is 3.38. The van der Waals surface area contributed by atoms with Crippen molar-refractivity contribution in [2.75, 3.05) is 7.05 Å². The second kappa shape index (κ2) is 5.35. The summed E-state index contributed by atoms with van der Waals surface area (Å²) in [6.45, 7) is 7.38. The van der Waals surface area contributed by atoms with Crippen LogP contribution in [0.2, 0.25) is 0 Å². The summed E-state index contributed by atoms with van der Waals surface area (Å²) in [6.07, 6.45) is -0.425. The number of aromatic amines is 1. The molecule has 0 aliphatic carbocycles. The number of aryl methyl sites for hydroxylation is 1. The molecule has 5 nitrogen and oxygen atoms in total. The standard InChI is InChI=1S/C15H20FN3O2/c1-9-10(16)6-7-11-13(9)18-12(17-11)8-19(5)14(20)21-15(2,3)4/h6-7H,8H2,1-5H3,(H,17,18). The van der Waals surface area contributed by atoms with Gasteiger partial charge in [0.1, 0.15) is 17.2 Å². The maximum atomic E-state index is 13.5. The van der Waals surface area contributed by atoms with Crippen molar-refractivity contribution in [1.29, 1.82) is 0 Å². The quantitative estimate of drug-likeness (QED) is 0.923. The Morgan fingerprint density at radius 1 is 1.43 bits per heavy atom. The maximum Gasteiger partial charge on any atom is 0.410 e. The van der Waals surface area contributed by atoms with E-state index in [0.717, 1.165) is 5.52 Å². The van der Waals surface area contributed by atoms with E-state index in [4.69, 9.17) is 4.74 Å². The molecule has 2 aromatic rings. The summed E-state index contributed by atoms with van der Waals surface area (Å²) in [5.74, 6) is 0.299. The third kappa shape index (κ3) is 3.51. The van der Waals surface area contributed by atoms with Crippen LogP contribution in [0, 0.1) is 12.7 Å². The van der Waals surface area contributed by atoms with Crippen molar-refractivity contribution >= 4 is 17.1 Å². The number of hydrogen-bond donors (Lipinski definition) is 1. The van der Waals surface area contributed by atoms with Crippen LogP contribution in [-0.2, 0) is 11.3 Å². The van der Waals surface area contributed by atoms with Crippen LogP contribution < -0.4 is 0 Å². The fraction of sp³-hybridized carbons (Fsp3) is 0.467. The largest absolute Gasteiger partial charge is 0.444 e. The van der Waals surface area contributed by atoms with E-state index in [2.05, 4.69) is 9.97 Å². The summed E-state index contributed by atoms with van der Waals surface area (Å²) in [5.41, 5.74) is 1.29. The Morgan fingerprint density at radius 3 is 2.71 bits per heavy atom. The number of hydrogen-bond acceptors (Lipinski definition) is 3. The zero-order valence-corrected chi connectivity index (χ0v) is 13.0. The fourth-order valence-electron chi connectivity index (χ4n) is 1.94. The minimum atomic E-state index is -0.543. The number of nitrogens with zero attached hydrogens (tertiary/aromatic N) is 2. The van der Waals surface area contributed by atoms with Crippen LogP contribution in [0.1, 0.15) is 32.2 Å². The van der Waals surface area contributed by atoms with E-state index in [1.54, 1.807) is 20.0 Å². The molecule has 6 heteroatoms. The molecule has 1 amide bonds. The Kier molecular flexibility index (Phi) is 3.89. The molecule has 0 unspecified atom stereocenters. The van der Waals surface area contributed by atoms with Crippen molar-refractivity contribution in [1.82, 2.24) is 14.9 Å². The lowest BCUT2D eigenvalue weighted by atomic mass is 10.2. The summed E-state index contributed by atoms with van der Waals surface area (Å²) >= 11 is 0. The number of carbonyl (C=O) groups excluding carboxylic acids is 1. The highest BCUT2D eigenvalue weighted by Gasteiger charge is 2.20. The van der Waals surface area contributed by atoms with E-state index in [9.17, 15) is 9.18 Å². The molecule has 1 aromatic heterocycles. The number of amides is 1. The SMILES string of the molecule is Cc1c(F)ccc2[nH]c(CN(C)C(=O)OC(C)(C)C)nc12. The number of imidazole rings is 1. The van der Waals surface area contributed by atoms with Crippen LogP contribution in [0.4, 0.5) is 9.18 Å². The summed E-state index contributed by atoms with van der Waals surface area (Å²) < 4.78 is 18.8. The molecule has 2 rings (SSSR count). The number of halogens is 1. The van der Waals surface area contributed by atoms with E-state index < -0.39 is 11.7 Å². The van der Waals surface area contributed by atoms with Crippen LogP contribution in [0.3, 0.4) is 0 Å². The zero-order valence-electron chi connectivity index (χ0n) is 13.0. The lowest BCUT2D eigenvalue weighted by Gasteiger charge is -2.24. The average molecular weight is 293 g/mol.